The van der Waals surface area contributed by atoms with Crippen molar-refractivity contribution in [2.75, 3.05) is 0 Å². The van der Waals surface area contributed by atoms with E-state index in [2.05, 4.69) is 39.3 Å². The third kappa shape index (κ3) is 2.59. The average Bonchev–Trinajstić information content (AvgIpc) is 1.95. The number of hydrogen-bond donors (Lipinski definition) is 0. The van der Waals surface area contributed by atoms with E-state index in [4.69, 9.17) is 9.16 Å². The van der Waals surface area contributed by atoms with Crippen LogP contribution in [0.5, 0.6) is 0 Å². The second-order valence-electron chi connectivity index (χ2n) is 7.03. The van der Waals surface area contributed by atoms with E-state index in [0.717, 1.165) is 6.04 Å². The molecule has 1 aliphatic heterocycles. The topological polar surface area (TPSA) is 35.5 Å². The van der Waals surface area contributed by atoms with Gasteiger partial charge in [0.1, 0.15) is 0 Å². The molecular formula is C11H26O3Si3. The van der Waals surface area contributed by atoms with Crippen molar-refractivity contribution in [2.24, 2.45) is 0 Å². The summed E-state index contributed by atoms with van der Waals surface area (Å²) in [5.74, 6) is -0.900. The number of rotatable bonds is 1. The van der Waals surface area contributed by atoms with E-state index >= 15 is 0 Å². The average molecular weight is 291 g/mol. The van der Waals surface area contributed by atoms with E-state index < -0.39 is 28.3 Å². The second kappa shape index (κ2) is 4.04. The van der Waals surface area contributed by atoms with Crippen molar-refractivity contribution in [3.8, 4) is 0 Å². The molecule has 1 aliphatic rings. The fourth-order valence-electron chi connectivity index (χ4n) is 2.90. The van der Waals surface area contributed by atoms with Gasteiger partial charge in [0.05, 0.1) is 7.11 Å². The quantitative estimate of drug-likeness (QED) is 0.550. The van der Waals surface area contributed by atoms with Crippen molar-refractivity contribution in [2.45, 2.75) is 65.0 Å². The lowest BCUT2D eigenvalue weighted by molar-refractivity contribution is -0.186. The van der Waals surface area contributed by atoms with Gasteiger partial charge in [-0.25, -0.2) is 0 Å². The molecule has 1 saturated heterocycles. The lowest BCUT2D eigenvalue weighted by Crippen LogP contribution is -2.78. The van der Waals surface area contributed by atoms with Gasteiger partial charge in [-0.15, -0.1) is 0 Å². The Labute approximate surface area is 108 Å². The van der Waals surface area contributed by atoms with Crippen LogP contribution in [0.15, 0.2) is 0 Å². The Hall–Kier alpha value is 0.0806. The fourth-order valence-corrected chi connectivity index (χ4v) is 32.8. The maximum atomic E-state index is 11.2. The Kier molecular flexibility index (Phi) is 3.60. The third-order valence-corrected chi connectivity index (χ3v) is 45.2. The Bertz CT molecular complexity index is 317. The molecule has 3 nitrogen and oxygen atoms in total. The van der Waals surface area contributed by atoms with E-state index in [-0.39, 0.29) is 5.97 Å². The van der Waals surface area contributed by atoms with Crippen molar-refractivity contribution in [1.82, 2.24) is 0 Å². The van der Waals surface area contributed by atoms with Crippen LogP contribution in [0.25, 0.3) is 0 Å². The first-order valence-electron chi connectivity index (χ1n) is 6.23. The van der Waals surface area contributed by atoms with Crippen LogP contribution in [0.1, 0.15) is 13.8 Å². The smallest absolute Gasteiger partial charge is 0.305 e. The molecule has 0 aromatic rings. The maximum Gasteiger partial charge on any atom is 0.305 e. The van der Waals surface area contributed by atoms with Crippen molar-refractivity contribution >= 4 is 28.5 Å². The number of ether oxygens (including phenoxy) is 1. The second-order valence-corrected chi connectivity index (χ2v) is 34.3. The van der Waals surface area contributed by atoms with Crippen LogP contribution in [0.4, 0.5) is 0 Å². The summed E-state index contributed by atoms with van der Waals surface area (Å²) >= 11 is 0. The standard InChI is InChI=1S/C11H26O3Si3/c1-10(12)13-11(2)9-15(3,4)17(7,8)16(5,6)14-11/h9H2,1-8H3. The summed E-state index contributed by atoms with van der Waals surface area (Å²) in [5, 5.41) is 0. The van der Waals surface area contributed by atoms with Crippen molar-refractivity contribution in [3.05, 3.63) is 0 Å². The number of carbonyl (C=O) groups is 1. The highest BCUT2D eigenvalue weighted by Gasteiger charge is 2.62. The predicted molar refractivity (Wildman–Crippen MR) is 78.5 cm³/mol. The highest BCUT2D eigenvalue weighted by Crippen LogP contribution is 2.44. The Morgan fingerprint density at radius 2 is 1.65 bits per heavy atom. The summed E-state index contributed by atoms with van der Waals surface area (Å²) in [6.45, 7) is 17.8. The molecule has 6 heteroatoms. The fraction of sp³-hybridized carbons (Fsp3) is 0.909. The molecule has 1 heterocycles. The zero-order valence-corrected chi connectivity index (χ0v) is 15.4. The minimum atomic E-state index is -1.73. The van der Waals surface area contributed by atoms with Gasteiger partial charge in [0, 0.05) is 27.5 Å². The number of esters is 1. The van der Waals surface area contributed by atoms with E-state index in [0.29, 0.717) is 0 Å². The van der Waals surface area contributed by atoms with E-state index in [1.807, 2.05) is 6.92 Å². The molecule has 0 aliphatic carbocycles. The van der Waals surface area contributed by atoms with Gasteiger partial charge < -0.3 is 9.16 Å². The zero-order chi connectivity index (χ0) is 13.7. The van der Waals surface area contributed by atoms with E-state index in [1.54, 1.807) is 0 Å². The molecule has 1 atom stereocenters. The molecule has 0 radical (unpaired) electrons. The van der Waals surface area contributed by atoms with E-state index in [1.165, 1.54) is 6.92 Å². The monoisotopic (exact) mass is 290 g/mol. The molecule has 0 aromatic heterocycles. The Balaban J connectivity index is 3.11. The first-order valence-corrected chi connectivity index (χ1v) is 17.3. The molecule has 0 spiro atoms. The summed E-state index contributed by atoms with van der Waals surface area (Å²) < 4.78 is 11.8. The first kappa shape index (κ1) is 15.1. The molecule has 17 heavy (non-hydrogen) atoms. The van der Waals surface area contributed by atoms with Gasteiger partial charge in [-0.05, 0) is 13.1 Å². The molecule has 1 rings (SSSR count). The van der Waals surface area contributed by atoms with Crippen LogP contribution in [0.3, 0.4) is 0 Å². The van der Waals surface area contributed by atoms with Crippen LogP contribution in [-0.2, 0) is 14.0 Å². The minimum absolute atomic E-state index is 0.233. The minimum Gasteiger partial charge on any atom is -0.435 e. The third-order valence-electron chi connectivity index (χ3n) is 4.79. The van der Waals surface area contributed by atoms with Gasteiger partial charge in [0.15, 0.2) is 13.6 Å². The highest BCUT2D eigenvalue weighted by atomic mass is 29.6. The van der Waals surface area contributed by atoms with Gasteiger partial charge in [0.2, 0.25) is 0 Å². The van der Waals surface area contributed by atoms with Crippen LogP contribution >= 0.6 is 0 Å². The summed E-state index contributed by atoms with van der Waals surface area (Å²) in [7, 11) is -4.41. The molecular weight excluding hydrogens is 264 g/mol. The van der Waals surface area contributed by atoms with Gasteiger partial charge in [-0.3, -0.25) is 4.79 Å². The highest BCUT2D eigenvalue weighted by molar-refractivity contribution is 7.67. The zero-order valence-electron chi connectivity index (χ0n) is 12.4. The summed E-state index contributed by atoms with van der Waals surface area (Å²) in [6.07, 6.45) is 0. The molecule has 1 fully saturated rings. The molecule has 0 aromatic carbocycles. The van der Waals surface area contributed by atoms with Gasteiger partial charge in [-0.1, -0.05) is 26.2 Å². The SMILES string of the molecule is CC(=O)OC1(C)C[Si](C)(C)[Si](C)(C)[Si](C)(C)O1. The van der Waals surface area contributed by atoms with Gasteiger partial charge >= 0.3 is 5.97 Å². The molecule has 100 valence electrons. The van der Waals surface area contributed by atoms with Crippen LogP contribution < -0.4 is 0 Å². The molecule has 0 bridgehead atoms. The molecule has 0 N–H and O–H groups in total. The Morgan fingerprint density at radius 3 is 2.00 bits per heavy atom. The largest absolute Gasteiger partial charge is 0.435 e. The van der Waals surface area contributed by atoms with Gasteiger partial charge in [-0.2, -0.15) is 0 Å². The van der Waals surface area contributed by atoms with Gasteiger partial charge in [0.25, 0.3) is 0 Å². The predicted octanol–water partition coefficient (Wildman–Crippen LogP) is 3.07. The summed E-state index contributed by atoms with van der Waals surface area (Å²) in [4.78, 5) is 11.2. The first-order chi connectivity index (χ1) is 7.33. The van der Waals surface area contributed by atoms with Crippen LogP contribution in [0, 0.1) is 0 Å². The summed E-state index contributed by atoms with van der Waals surface area (Å²) in [6, 6.07) is 0.940. The van der Waals surface area contributed by atoms with Crippen molar-refractivity contribution < 1.29 is 14.0 Å². The van der Waals surface area contributed by atoms with Crippen molar-refractivity contribution in [1.29, 1.82) is 0 Å². The maximum absolute atomic E-state index is 11.2. The van der Waals surface area contributed by atoms with E-state index in [9.17, 15) is 4.79 Å². The van der Waals surface area contributed by atoms with Crippen LogP contribution in [0.2, 0.25) is 45.3 Å². The molecule has 0 saturated carbocycles. The number of carbonyl (C=O) groups excluding carboxylic acids is 1. The normalized spacial score (nSPS) is 34.1. The summed E-state index contributed by atoms with van der Waals surface area (Å²) in [5.41, 5.74) is 0. The lowest BCUT2D eigenvalue weighted by Gasteiger charge is -2.57. The molecule has 0 amide bonds. The lowest BCUT2D eigenvalue weighted by atomic mass is 10.4. The Morgan fingerprint density at radius 1 is 1.18 bits per heavy atom. The number of hydrogen-bond acceptors (Lipinski definition) is 3. The van der Waals surface area contributed by atoms with Crippen molar-refractivity contribution in [3.63, 3.8) is 0 Å². The van der Waals surface area contributed by atoms with Crippen LogP contribution in [-0.4, -0.2) is 34.3 Å². The molecule has 1 unspecified atom stereocenters.